The minimum Gasteiger partial charge on any atom is -0.490 e. The van der Waals surface area contributed by atoms with Crippen LogP contribution in [0.4, 0.5) is 0 Å². The van der Waals surface area contributed by atoms with Crippen molar-refractivity contribution in [2.45, 2.75) is 0 Å². The summed E-state index contributed by atoms with van der Waals surface area (Å²) < 4.78 is 11.8. The zero-order chi connectivity index (χ0) is 17.6. The maximum absolute atomic E-state index is 11.8. The number of carbonyl (C=O) groups excluding carboxylic acids is 1. The van der Waals surface area contributed by atoms with E-state index >= 15 is 0 Å². The van der Waals surface area contributed by atoms with E-state index in [0.717, 1.165) is 11.3 Å². The number of hydrogen-bond donors (Lipinski definition) is 1. The van der Waals surface area contributed by atoms with Crippen LogP contribution >= 0.6 is 35.6 Å². The molecule has 0 saturated carbocycles. The summed E-state index contributed by atoms with van der Waals surface area (Å²) in [7, 11) is 0. The Bertz CT molecular complexity index is 824. The fraction of sp³-hybridized carbons (Fsp3) is 0.111. The molecule has 0 atom stereocenters. The second-order valence-corrected chi connectivity index (χ2v) is 7.20. The molecule has 1 aliphatic heterocycles. The average molecular weight is 392 g/mol. The Kier molecular flexibility index (Phi) is 5.96. The third-order valence-electron chi connectivity index (χ3n) is 3.25. The van der Waals surface area contributed by atoms with Crippen LogP contribution in [0.2, 0.25) is 5.02 Å². The summed E-state index contributed by atoms with van der Waals surface area (Å²) in [6, 6.07) is 14.8. The molecule has 1 heterocycles. The van der Waals surface area contributed by atoms with Crippen LogP contribution in [0, 0.1) is 0 Å². The van der Waals surface area contributed by atoms with Crippen molar-refractivity contribution in [1.82, 2.24) is 5.32 Å². The smallest absolute Gasteiger partial charge is 0.263 e. The van der Waals surface area contributed by atoms with Gasteiger partial charge < -0.3 is 14.8 Å². The number of hydrogen-bond acceptors (Lipinski definition) is 5. The van der Waals surface area contributed by atoms with Crippen LogP contribution in [0.15, 0.2) is 53.4 Å². The van der Waals surface area contributed by atoms with Gasteiger partial charge in [0, 0.05) is 10.6 Å². The Hall–Kier alpha value is -2.02. The van der Waals surface area contributed by atoms with Crippen LogP contribution in [0.5, 0.6) is 11.5 Å². The molecule has 1 N–H and O–H groups in total. The highest BCUT2D eigenvalue weighted by Crippen LogP contribution is 2.31. The van der Waals surface area contributed by atoms with Crippen molar-refractivity contribution >= 4 is 51.9 Å². The van der Waals surface area contributed by atoms with Crippen LogP contribution in [0.3, 0.4) is 0 Å². The number of ether oxygens (including phenoxy) is 2. The average Bonchev–Trinajstić information content (AvgIpc) is 2.91. The first-order valence-electron chi connectivity index (χ1n) is 7.47. The second-order valence-electron chi connectivity index (χ2n) is 5.04. The molecule has 25 heavy (non-hydrogen) atoms. The Morgan fingerprint density at radius 2 is 1.88 bits per heavy atom. The zero-order valence-electron chi connectivity index (χ0n) is 13.0. The van der Waals surface area contributed by atoms with Gasteiger partial charge in [0.25, 0.3) is 5.91 Å². The lowest BCUT2D eigenvalue weighted by Crippen LogP contribution is -2.17. The number of amides is 1. The lowest BCUT2D eigenvalue weighted by molar-refractivity contribution is -0.115. The van der Waals surface area contributed by atoms with Gasteiger partial charge in [-0.1, -0.05) is 53.8 Å². The summed E-state index contributed by atoms with van der Waals surface area (Å²) in [5.41, 5.74) is 0.717. The summed E-state index contributed by atoms with van der Waals surface area (Å²) >= 11 is 12.3. The number of rotatable bonds is 6. The highest BCUT2D eigenvalue weighted by atomic mass is 35.5. The van der Waals surface area contributed by atoms with Crippen molar-refractivity contribution in [3.8, 4) is 11.5 Å². The third-order valence-corrected chi connectivity index (χ3v) is 4.65. The number of halogens is 1. The van der Waals surface area contributed by atoms with Gasteiger partial charge in [-0.2, -0.15) is 0 Å². The number of carbonyl (C=O) groups is 1. The predicted octanol–water partition coefficient (Wildman–Crippen LogP) is 4.29. The monoisotopic (exact) mass is 391 g/mol. The molecule has 0 aliphatic carbocycles. The largest absolute Gasteiger partial charge is 0.490 e. The second kappa shape index (κ2) is 8.38. The number of thiocarbonyl (C=S) groups is 1. The summed E-state index contributed by atoms with van der Waals surface area (Å²) in [4.78, 5) is 12.3. The van der Waals surface area contributed by atoms with E-state index in [9.17, 15) is 4.79 Å². The number of para-hydroxylation sites is 1. The lowest BCUT2D eigenvalue weighted by atomic mass is 10.2. The number of nitrogens with one attached hydrogen (secondary N) is 1. The molecule has 3 rings (SSSR count). The molecule has 2 aromatic rings. The first-order valence-corrected chi connectivity index (χ1v) is 9.07. The van der Waals surface area contributed by atoms with Gasteiger partial charge in [0.2, 0.25) is 0 Å². The summed E-state index contributed by atoms with van der Waals surface area (Å²) in [6.07, 6.45) is 1.72. The fourth-order valence-corrected chi connectivity index (χ4v) is 3.37. The fourth-order valence-electron chi connectivity index (χ4n) is 2.15. The van der Waals surface area contributed by atoms with Gasteiger partial charge in [0.05, 0.1) is 4.91 Å². The van der Waals surface area contributed by atoms with Gasteiger partial charge in [-0.05, 0) is 36.4 Å². The highest BCUT2D eigenvalue weighted by molar-refractivity contribution is 8.26. The Balaban J connectivity index is 1.66. The van der Waals surface area contributed by atoms with E-state index in [2.05, 4.69) is 5.32 Å². The molecule has 7 heteroatoms. The Labute approximate surface area is 160 Å². The van der Waals surface area contributed by atoms with Crippen LogP contribution in [-0.2, 0) is 4.79 Å². The molecule has 4 nitrogen and oxygen atoms in total. The van der Waals surface area contributed by atoms with Crippen molar-refractivity contribution in [3.63, 3.8) is 0 Å². The highest BCUT2D eigenvalue weighted by Gasteiger charge is 2.22. The van der Waals surface area contributed by atoms with Crippen LogP contribution in [-0.4, -0.2) is 23.4 Å². The van der Waals surface area contributed by atoms with E-state index in [1.165, 1.54) is 11.8 Å². The molecule has 2 aromatic carbocycles. The standard InChI is InChI=1S/C18H14ClNO3S2/c19-13-6-7-15(23-9-8-22-14-4-2-1-3-5-14)12(10-13)11-16-17(21)20-18(24)25-16/h1-7,10-11H,8-9H2,(H,20,21,24)/b16-11-. The molecular formula is C18H14ClNO3S2. The molecule has 0 aromatic heterocycles. The van der Waals surface area contributed by atoms with E-state index in [0.29, 0.717) is 33.2 Å². The first kappa shape index (κ1) is 17.8. The molecule has 0 radical (unpaired) electrons. The molecule has 0 spiro atoms. The van der Waals surface area contributed by atoms with E-state index < -0.39 is 0 Å². The van der Waals surface area contributed by atoms with Crippen molar-refractivity contribution in [3.05, 3.63) is 64.0 Å². The van der Waals surface area contributed by atoms with Crippen molar-refractivity contribution in [1.29, 1.82) is 0 Å². The first-order chi connectivity index (χ1) is 12.1. The SMILES string of the molecule is O=C1NC(=S)S/C1=C\c1cc(Cl)ccc1OCCOc1ccccc1. The van der Waals surface area contributed by atoms with Crippen molar-refractivity contribution in [2.75, 3.05) is 13.2 Å². The Morgan fingerprint density at radius 3 is 2.60 bits per heavy atom. The van der Waals surface area contributed by atoms with Gasteiger partial charge in [-0.25, -0.2) is 0 Å². The predicted molar refractivity (Wildman–Crippen MR) is 105 cm³/mol. The summed E-state index contributed by atoms with van der Waals surface area (Å²) in [5.74, 6) is 1.20. The van der Waals surface area contributed by atoms with Gasteiger partial charge in [0.15, 0.2) is 0 Å². The van der Waals surface area contributed by atoms with Crippen molar-refractivity contribution in [2.24, 2.45) is 0 Å². The molecule has 0 bridgehead atoms. The van der Waals surface area contributed by atoms with Gasteiger partial charge >= 0.3 is 0 Å². The third kappa shape index (κ3) is 4.98. The molecule has 1 amide bonds. The minimum atomic E-state index is -0.215. The number of thioether (sulfide) groups is 1. The van der Waals surface area contributed by atoms with E-state index in [1.807, 2.05) is 30.3 Å². The number of benzene rings is 2. The normalized spacial score (nSPS) is 15.3. The topological polar surface area (TPSA) is 47.6 Å². The van der Waals surface area contributed by atoms with Crippen LogP contribution in [0.25, 0.3) is 6.08 Å². The van der Waals surface area contributed by atoms with Crippen LogP contribution in [0.1, 0.15) is 5.56 Å². The Morgan fingerprint density at radius 1 is 1.12 bits per heavy atom. The summed E-state index contributed by atoms with van der Waals surface area (Å²) in [6.45, 7) is 0.770. The zero-order valence-corrected chi connectivity index (χ0v) is 15.4. The molecule has 128 valence electrons. The van der Waals surface area contributed by atoms with E-state index in [1.54, 1.807) is 24.3 Å². The minimum absolute atomic E-state index is 0.215. The van der Waals surface area contributed by atoms with Gasteiger partial charge in [0.1, 0.15) is 29.0 Å². The molecular weight excluding hydrogens is 378 g/mol. The quantitative estimate of drug-likeness (QED) is 0.452. The van der Waals surface area contributed by atoms with Gasteiger partial charge in [-0.3, -0.25) is 4.79 Å². The lowest BCUT2D eigenvalue weighted by Gasteiger charge is -2.11. The molecule has 1 saturated heterocycles. The maximum atomic E-state index is 11.8. The van der Waals surface area contributed by atoms with E-state index in [-0.39, 0.29) is 5.91 Å². The summed E-state index contributed by atoms with van der Waals surface area (Å²) in [5, 5.41) is 3.15. The molecule has 1 fully saturated rings. The van der Waals surface area contributed by atoms with Crippen LogP contribution < -0.4 is 14.8 Å². The van der Waals surface area contributed by atoms with Crippen molar-refractivity contribution < 1.29 is 14.3 Å². The molecule has 1 aliphatic rings. The molecule has 0 unspecified atom stereocenters. The van der Waals surface area contributed by atoms with Gasteiger partial charge in [-0.15, -0.1) is 0 Å². The van der Waals surface area contributed by atoms with E-state index in [4.69, 9.17) is 33.3 Å². The maximum Gasteiger partial charge on any atom is 0.263 e.